The summed E-state index contributed by atoms with van der Waals surface area (Å²) in [5.41, 5.74) is 0. The first kappa shape index (κ1) is 23.6. The zero-order valence-corrected chi connectivity index (χ0v) is 20.7. The molecule has 32 heavy (non-hydrogen) atoms. The van der Waals surface area contributed by atoms with Gasteiger partial charge in [0.05, 0.1) is 12.2 Å². The molecule has 5 saturated heterocycles. The number of piperidine rings is 2. The molecule has 0 aromatic rings. The van der Waals surface area contributed by atoms with E-state index in [9.17, 15) is 0 Å². The first-order chi connectivity index (χ1) is 15.9. The van der Waals surface area contributed by atoms with Gasteiger partial charge in [0.25, 0.3) is 0 Å². The molecule has 0 N–H and O–H groups in total. The molecule has 6 atom stereocenters. The Kier molecular flexibility index (Phi) is 8.84. The van der Waals surface area contributed by atoms with E-state index in [0.29, 0.717) is 24.7 Å². The third kappa shape index (κ3) is 6.09. The number of fused-ring (bicyclic) bond motifs is 2. The van der Waals surface area contributed by atoms with Crippen LogP contribution in [0.4, 0.5) is 0 Å². The van der Waals surface area contributed by atoms with Crippen LogP contribution in [0.25, 0.3) is 0 Å². The van der Waals surface area contributed by atoms with Crippen molar-refractivity contribution in [2.75, 3.05) is 26.2 Å². The van der Waals surface area contributed by atoms with Gasteiger partial charge >= 0.3 is 0 Å². The average Bonchev–Trinajstić information content (AvgIpc) is 2.83. The van der Waals surface area contributed by atoms with Gasteiger partial charge in [0.15, 0.2) is 0 Å². The number of rotatable bonds is 0. The van der Waals surface area contributed by atoms with E-state index in [0.717, 1.165) is 11.8 Å². The van der Waals surface area contributed by atoms with Gasteiger partial charge in [-0.1, -0.05) is 51.4 Å². The van der Waals surface area contributed by atoms with Crippen molar-refractivity contribution in [3.63, 3.8) is 0 Å². The fraction of sp³-hybridized carbons (Fsp3) is 1.00. The summed E-state index contributed by atoms with van der Waals surface area (Å²) in [6.07, 6.45) is 26.5. The van der Waals surface area contributed by atoms with E-state index in [1.54, 1.807) is 0 Å². The molecule has 0 radical (unpaired) electrons. The maximum Gasteiger partial charge on any atom is 0.113 e. The van der Waals surface area contributed by atoms with Crippen LogP contribution in [0.2, 0.25) is 0 Å². The minimum atomic E-state index is 0.440. The Labute approximate surface area is 197 Å². The predicted octanol–water partition coefficient (Wildman–Crippen LogP) is 6.34. The number of hydrogen-bond donors (Lipinski definition) is 0. The van der Waals surface area contributed by atoms with Gasteiger partial charge in [-0.15, -0.1) is 0 Å². The van der Waals surface area contributed by atoms with Crippen molar-refractivity contribution >= 4 is 0 Å². The molecule has 5 rings (SSSR count). The molecule has 0 aromatic heterocycles. The van der Waals surface area contributed by atoms with Gasteiger partial charge in [-0.2, -0.15) is 0 Å². The van der Waals surface area contributed by atoms with Gasteiger partial charge in [0.1, 0.15) is 12.5 Å². The molecular weight excluding hydrogens is 396 g/mol. The molecule has 0 amide bonds. The molecule has 5 aliphatic heterocycles. The molecule has 4 heteroatoms. The van der Waals surface area contributed by atoms with Crippen LogP contribution in [-0.2, 0) is 9.47 Å². The van der Waals surface area contributed by atoms with Crippen LogP contribution in [-0.4, -0.2) is 60.6 Å². The fourth-order valence-corrected chi connectivity index (χ4v) is 7.53. The van der Waals surface area contributed by atoms with Crippen LogP contribution >= 0.6 is 0 Å². The molecule has 5 fully saturated rings. The summed E-state index contributed by atoms with van der Waals surface area (Å²) >= 11 is 0. The molecule has 5 heterocycles. The van der Waals surface area contributed by atoms with Crippen molar-refractivity contribution in [3.05, 3.63) is 0 Å². The summed E-state index contributed by atoms with van der Waals surface area (Å²) in [6, 6.07) is 0. The molecule has 0 aliphatic carbocycles. The smallest absolute Gasteiger partial charge is 0.113 e. The van der Waals surface area contributed by atoms with Crippen LogP contribution < -0.4 is 0 Å². The SMILES string of the molecule is C1CCC[C@H]2CCCN3CC[C@H](CCCCCC[C@@H]4CCCN5CC[C@H](CC1)O[C@H]45)O[C@H]23. The highest BCUT2D eigenvalue weighted by Gasteiger charge is 2.38. The van der Waals surface area contributed by atoms with Crippen molar-refractivity contribution in [3.8, 4) is 0 Å². The van der Waals surface area contributed by atoms with Crippen LogP contribution in [0.1, 0.15) is 116 Å². The van der Waals surface area contributed by atoms with E-state index < -0.39 is 0 Å². The summed E-state index contributed by atoms with van der Waals surface area (Å²) in [5.74, 6) is 1.57. The molecule has 184 valence electrons. The average molecular weight is 447 g/mol. The van der Waals surface area contributed by atoms with Gasteiger partial charge in [-0.25, -0.2) is 0 Å². The number of hydrogen-bond acceptors (Lipinski definition) is 4. The Morgan fingerprint density at radius 3 is 1.25 bits per heavy atom. The van der Waals surface area contributed by atoms with Gasteiger partial charge in [-0.05, 0) is 76.0 Å². The summed E-state index contributed by atoms with van der Waals surface area (Å²) in [7, 11) is 0. The van der Waals surface area contributed by atoms with Gasteiger partial charge in [0.2, 0.25) is 0 Å². The van der Waals surface area contributed by atoms with E-state index in [-0.39, 0.29) is 0 Å². The molecule has 0 aromatic carbocycles. The maximum atomic E-state index is 6.74. The van der Waals surface area contributed by atoms with E-state index in [1.807, 2.05) is 0 Å². The van der Waals surface area contributed by atoms with E-state index in [2.05, 4.69) is 9.80 Å². The molecule has 5 aliphatic rings. The second kappa shape index (κ2) is 12.0. The summed E-state index contributed by atoms with van der Waals surface area (Å²) in [4.78, 5) is 5.36. The molecule has 0 unspecified atom stereocenters. The van der Waals surface area contributed by atoms with Gasteiger partial charge in [-0.3, -0.25) is 9.80 Å². The monoisotopic (exact) mass is 446 g/mol. The second-order valence-electron chi connectivity index (χ2n) is 11.7. The van der Waals surface area contributed by atoms with E-state index >= 15 is 0 Å². The number of ether oxygens (including phenoxy) is 2. The quantitative estimate of drug-likeness (QED) is 0.434. The largest absolute Gasteiger partial charge is 0.360 e. The Bertz CT molecular complexity index is 510. The summed E-state index contributed by atoms with van der Waals surface area (Å²) in [5, 5.41) is 0. The number of nitrogens with zero attached hydrogens (tertiary/aromatic N) is 2. The summed E-state index contributed by atoms with van der Waals surface area (Å²) in [6.45, 7) is 5.11. The lowest BCUT2D eigenvalue weighted by atomic mass is 9.87. The molecule has 4 bridgehead atoms. The van der Waals surface area contributed by atoms with Crippen LogP contribution in [0.15, 0.2) is 0 Å². The lowest BCUT2D eigenvalue weighted by Gasteiger charge is -2.47. The normalized spacial score (nSPS) is 41.6. The van der Waals surface area contributed by atoms with Crippen molar-refractivity contribution < 1.29 is 9.47 Å². The minimum Gasteiger partial charge on any atom is -0.360 e. The van der Waals surface area contributed by atoms with Crippen molar-refractivity contribution in [2.24, 2.45) is 11.8 Å². The maximum absolute atomic E-state index is 6.74. The lowest BCUT2D eigenvalue weighted by Crippen LogP contribution is -2.53. The Balaban J connectivity index is 1.16. The van der Waals surface area contributed by atoms with Crippen LogP contribution in [0.3, 0.4) is 0 Å². The molecule has 0 saturated carbocycles. The Morgan fingerprint density at radius 1 is 0.375 bits per heavy atom. The lowest BCUT2D eigenvalue weighted by molar-refractivity contribution is -0.183. The highest BCUT2D eigenvalue weighted by Crippen LogP contribution is 2.36. The Morgan fingerprint density at radius 2 is 0.781 bits per heavy atom. The molecular formula is C28H50N2O2. The van der Waals surface area contributed by atoms with Gasteiger partial charge in [0, 0.05) is 26.2 Å². The summed E-state index contributed by atoms with van der Waals surface area (Å²) < 4.78 is 13.5. The Hall–Kier alpha value is -0.160. The highest BCUT2D eigenvalue weighted by atomic mass is 16.5. The van der Waals surface area contributed by atoms with Crippen LogP contribution in [0.5, 0.6) is 0 Å². The predicted molar refractivity (Wildman–Crippen MR) is 131 cm³/mol. The zero-order chi connectivity index (χ0) is 21.6. The van der Waals surface area contributed by atoms with Crippen molar-refractivity contribution in [1.29, 1.82) is 0 Å². The van der Waals surface area contributed by atoms with Gasteiger partial charge < -0.3 is 9.47 Å². The first-order valence-electron chi connectivity index (χ1n) is 14.7. The highest BCUT2D eigenvalue weighted by molar-refractivity contribution is 4.85. The third-order valence-electron chi connectivity index (χ3n) is 9.41. The standard InChI is InChI=1S/C28H50N2O2/c1-3-7-15-25-17-21-30-20-10-14-24(28(30)31-25)12-6-2-4-8-16-26-18-22-29-19-9-13-23(11-5-1)27(29)32-26/h23-28H,1-22H2/t23-,24+,25-,26-,27+,28+/m0/s1. The zero-order valence-electron chi connectivity index (χ0n) is 20.7. The minimum absolute atomic E-state index is 0.440. The van der Waals surface area contributed by atoms with E-state index in [1.165, 1.54) is 142 Å². The third-order valence-corrected chi connectivity index (χ3v) is 9.41. The molecule has 4 nitrogen and oxygen atoms in total. The fourth-order valence-electron chi connectivity index (χ4n) is 7.53. The van der Waals surface area contributed by atoms with Crippen molar-refractivity contribution in [2.45, 2.75) is 140 Å². The second-order valence-corrected chi connectivity index (χ2v) is 11.7. The van der Waals surface area contributed by atoms with Crippen molar-refractivity contribution in [1.82, 2.24) is 9.80 Å². The first-order valence-corrected chi connectivity index (χ1v) is 14.7. The van der Waals surface area contributed by atoms with Crippen LogP contribution in [0, 0.1) is 11.8 Å². The van der Waals surface area contributed by atoms with E-state index in [4.69, 9.17) is 9.47 Å². The topological polar surface area (TPSA) is 24.9 Å². The molecule has 0 spiro atoms.